The Morgan fingerprint density at radius 2 is 1.97 bits per heavy atom. The van der Waals surface area contributed by atoms with Crippen LogP contribution in [0.2, 0.25) is 0 Å². The van der Waals surface area contributed by atoms with Crippen LogP contribution in [0.15, 0.2) is 29.3 Å². The zero-order chi connectivity index (χ0) is 20.9. The number of likely N-dealkylation sites (N-methyl/N-ethyl adjacent to an activating group) is 1. The number of nitrogens with one attached hydrogen (secondary N) is 2. The second-order valence-corrected chi connectivity index (χ2v) is 7.86. The van der Waals surface area contributed by atoms with Crippen LogP contribution in [-0.2, 0) is 0 Å². The summed E-state index contributed by atoms with van der Waals surface area (Å²) in [5.41, 5.74) is 1.20. The van der Waals surface area contributed by atoms with Gasteiger partial charge in [-0.2, -0.15) is 0 Å². The average Bonchev–Trinajstić information content (AvgIpc) is 2.65. The van der Waals surface area contributed by atoms with Gasteiger partial charge in [-0.15, -0.1) is 24.0 Å². The Morgan fingerprint density at radius 1 is 1.24 bits per heavy atom. The summed E-state index contributed by atoms with van der Waals surface area (Å²) < 4.78 is 5.37. The molecular formula is C22H41IN4O2. The van der Waals surface area contributed by atoms with Gasteiger partial charge in [0.2, 0.25) is 0 Å². The van der Waals surface area contributed by atoms with E-state index in [4.69, 9.17) is 9.73 Å². The van der Waals surface area contributed by atoms with Crippen molar-refractivity contribution in [1.82, 2.24) is 15.5 Å². The van der Waals surface area contributed by atoms with E-state index >= 15 is 0 Å². The number of aliphatic hydroxyl groups is 1. The molecule has 1 aromatic carbocycles. The molecular weight excluding hydrogens is 479 g/mol. The number of aliphatic imine (C=N–C) groups is 1. The molecule has 0 aliphatic carbocycles. The zero-order valence-electron chi connectivity index (χ0n) is 18.9. The van der Waals surface area contributed by atoms with Crippen molar-refractivity contribution in [3.63, 3.8) is 0 Å². The summed E-state index contributed by atoms with van der Waals surface area (Å²) in [7, 11) is 5.85. The van der Waals surface area contributed by atoms with Crippen LogP contribution in [0.25, 0.3) is 0 Å². The second kappa shape index (κ2) is 15.7. The number of nitrogens with zero attached hydrogens (tertiary/aromatic N) is 2. The Hall–Kier alpha value is -1.06. The minimum absolute atomic E-state index is 0. The first kappa shape index (κ1) is 27.9. The number of benzene rings is 1. The number of ether oxygens (including phenoxy) is 1. The molecule has 1 rings (SSSR count). The molecule has 0 bridgehead atoms. The fourth-order valence-electron chi connectivity index (χ4n) is 3.34. The standard InChI is InChI=1S/C22H40N4O2.HI/c1-7-23-22(24-15-18(11-12-27)13-17(2)3)25-16-21(26(4)5)19-9-8-10-20(14-19)28-6;/h8-10,14,17-18,21,27H,7,11-13,15-16H2,1-6H3,(H2,23,24,25);1H. The first-order valence-corrected chi connectivity index (χ1v) is 10.3. The highest BCUT2D eigenvalue weighted by Gasteiger charge is 2.16. The maximum Gasteiger partial charge on any atom is 0.191 e. The van der Waals surface area contributed by atoms with Crippen LogP contribution in [0.4, 0.5) is 0 Å². The molecule has 0 aromatic heterocycles. The number of methoxy groups -OCH3 is 1. The monoisotopic (exact) mass is 520 g/mol. The van der Waals surface area contributed by atoms with Crippen LogP contribution in [0.5, 0.6) is 5.75 Å². The van der Waals surface area contributed by atoms with Crippen molar-refractivity contribution >= 4 is 29.9 Å². The Labute approximate surface area is 194 Å². The van der Waals surface area contributed by atoms with Gasteiger partial charge in [-0.25, -0.2) is 0 Å². The molecule has 2 unspecified atom stereocenters. The summed E-state index contributed by atoms with van der Waals surface area (Å²) in [6.45, 7) is 8.99. The van der Waals surface area contributed by atoms with Crippen LogP contribution in [-0.4, -0.2) is 63.4 Å². The molecule has 0 heterocycles. The second-order valence-electron chi connectivity index (χ2n) is 7.86. The maximum atomic E-state index is 9.33. The van der Waals surface area contributed by atoms with Gasteiger partial charge < -0.3 is 25.4 Å². The number of hydrogen-bond donors (Lipinski definition) is 3. The van der Waals surface area contributed by atoms with Crippen molar-refractivity contribution in [3.05, 3.63) is 29.8 Å². The van der Waals surface area contributed by atoms with Crippen molar-refractivity contribution in [2.24, 2.45) is 16.8 Å². The molecule has 0 fully saturated rings. The molecule has 29 heavy (non-hydrogen) atoms. The molecule has 2 atom stereocenters. The zero-order valence-corrected chi connectivity index (χ0v) is 21.3. The van der Waals surface area contributed by atoms with E-state index in [1.165, 1.54) is 5.56 Å². The summed E-state index contributed by atoms with van der Waals surface area (Å²) in [6, 6.07) is 8.39. The largest absolute Gasteiger partial charge is 0.497 e. The predicted molar refractivity (Wildman–Crippen MR) is 133 cm³/mol. The van der Waals surface area contributed by atoms with Gasteiger partial charge in [-0.1, -0.05) is 26.0 Å². The Balaban J connectivity index is 0.00000784. The lowest BCUT2D eigenvalue weighted by Crippen LogP contribution is -2.42. The number of halogens is 1. The molecule has 0 radical (unpaired) electrons. The van der Waals surface area contributed by atoms with Crippen molar-refractivity contribution in [3.8, 4) is 5.75 Å². The summed E-state index contributed by atoms with van der Waals surface area (Å²) in [6.07, 6.45) is 1.87. The van der Waals surface area contributed by atoms with Gasteiger partial charge in [0, 0.05) is 26.2 Å². The Bertz CT molecular complexity index is 582. The summed E-state index contributed by atoms with van der Waals surface area (Å²) in [5, 5.41) is 16.1. The highest BCUT2D eigenvalue weighted by atomic mass is 127. The number of aliphatic hydroxyl groups excluding tert-OH is 1. The SMILES string of the molecule is CCNC(=NCC(CCO)CC(C)C)NCC(c1cccc(OC)c1)N(C)C.I. The molecule has 0 spiro atoms. The van der Waals surface area contributed by atoms with E-state index in [0.717, 1.165) is 44.2 Å². The molecule has 0 saturated carbocycles. The van der Waals surface area contributed by atoms with Crippen molar-refractivity contribution in [2.45, 2.75) is 39.7 Å². The van der Waals surface area contributed by atoms with Gasteiger partial charge >= 0.3 is 0 Å². The van der Waals surface area contributed by atoms with Gasteiger partial charge in [0.1, 0.15) is 5.75 Å². The number of hydrogen-bond acceptors (Lipinski definition) is 4. The van der Waals surface area contributed by atoms with Crippen LogP contribution < -0.4 is 15.4 Å². The van der Waals surface area contributed by atoms with Crippen molar-refractivity contribution in [1.29, 1.82) is 0 Å². The topological polar surface area (TPSA) is 69.1 Å². The van der Waals surface area contributed by atoms with E-state index in [9.17, 15) is 5.11 Å². The molecule has 3 N–H and O–H groups in total. The molecule has 168 valence electrons. The number of rotatable bonds is 12. The highest BCUT2D eigenvalue weighted by Crippen LogP contribution is 2.22. The summed E-state index contributed by atoms with van der Waals surface area (Å²) in [5.74, 6) is 2.70. The van der Waals surface area contributed by atoms with E-state index in [1.807, 2.05) is 12.1 Å². The fourth-order valence-corrected chi connectivity index (χ4v) is 3.34. The molecule has 0 aliphatic heterocycles. The van der Waals surface area contributed by atoms with Gasteiger partial charge in [0.15, 0.2) is 5.96 Å². The van der Waals surface area contributed by atoms with Crippen LogP contribution >= 0.6 is 24.0 Å². The normalized spacial score (nSPS) is 13.8. The third-order valence-electron chi connectivity index (χ3n) is 4.76. The molecule has 6 nitrogen and oxygen atoms in total. The Morgan fingerprint density at radius 3 is 2.52 bits per heavy atom. The first-order chi connectivity index (χ1) is 13.4. The summed E-state index contributed by atoms with van der Waals surface area (Å²) in [4.78, 5) is 6.98. The molecule has 0 amide bonds. The fraction of sp³-hybridized carbons (Fsp3) is 0.682. The third kappa shape index (κ3) is 11.1. The minimum atomic E-state index is 0. The smallest absolute Gasteiger partial charge is 0.191 e. The lowest BCUT2D eigenvalue weighted by atomic mass is 9.94. The molecule has 0 aliphatic rings. The van der Waals surface area contributed by atoms with Gasteiger partial charge in [0.25, 0.3) is 0 Å². The van der Waals surface area contributed by atoms with Crippen molar-refractivity contribution in [2.75, 3.05) is 47.4 Å². The third-order valence-corrected chi connectivity index (χ3v) is 4.76. The minimum Gasteiger partial charge on any atom is -0.497 e. The first-order valence-electron chi connectivity index (χ1n) is 10.3. The molecule has 1 aromatic rings. The quantitative estimate of drug-likeness (QED) is 0.224. The van der Waals surface area contributed by atoms with Gasteiger partial charge in [-0.05, 0) is 63.4 Å². The lowest BCUT2D eigenvalue weighted by molar-refractivity contribution is 0.245. The van der Waals surface area contributed by atoms with E-state index in [0.29, 0.717) is 11.8 Å². The molecule has 0 saturated heterocycles. The average molecular weight is 521 g/mol. The van der Waals surface area contributed by atoms with Crippen LogP contribution in [0, 0.1) is 11.8 Å². The lowest BCUT2D eigenvalue weighted by Gasteiger charge is -2.26. The number of guanidine groups is 1. The van der Waals surface area contributed by atoms with Gasteiger partial charge in [0.05, 0.1) is 13.2 Å². The maximum absolute atomic E-state index is 9.33. The van der Waals surface area contributed by atoms with E-state index in [2.05, 4.69) is 62.5 Å². The van der Waals surface area contributed by atoms with Crippen molar-refractivity contribution < 1.29 is 9.84 Å². The Kier molecular flexibility index (Phi) is 15.2. The van der Waals surface area contributed by atoms with E-state index in [1.54, 1.807) is 7.11 Å². The van der Waals surface area contributed by atoms with Crippen LogP contribution in [0.3, 0.4) is 0 Å². The highest BCUT2D eigenvalue weighted by molar-refractivity contribution is 14.0. The van der Waals surface area contributed by atoms with E-state index in [-0.39, 0.29) is 36.6 Å². The summed E-state index contributed by atoms with van der Waals surface area (Å²) >= 11 is 0. The van der Waals surface area contributed by atoms with Crippen LogP contribution in [0.1, 0.15) is 45.2 Å². The van der Waals surface area contributed by atoms with E-state index < -0.39 is 0 Å². The predicted octanol–water partition coefficient (Wildman–Crippen LogP) is 3.52. The molecule has 7 heteroatoms. The van der Waals surface area contributed by atoms with Gasteiger partial charge in [-0.3, -0.25) is 4.99 Å².